The van der Waals surface area contributed by atoms with Crippen LogP contribution < -0.4 is 10.6 Å². The van der Waals surface area contributed by atoms with Crippen molar-refractivity contribution >= 4 is 11.9 Å². The summed E-state index contributed by atoms with van der Waals surface area (Å²) in [6, 6.07) is 38.6. The molecule has 2 aliphatic heterocycles. The lowest BCUT2D eigenvalue weighted by atomic mass is 10.1. The number of carbonyl (C=O) groups is 2. The topological polar surface area (TPSA) is 83.1 Å². The highest BCUT2D eigenvalue weighted by Gasteiger charge is 2.39. The second kappa shape index (κ2) is 18.3. The Bertz CT molecular complexity index is 1650. The smallest absolute Gasteiger partial charge is 0.337 e. The molecule has 6 atom stereocenters. The summed E-state index contributed by atoms with van der Waals surface area (Å²) in [6.07, 6.45) is 5.06. The second-order valence-electron chi connectivity index (χ2n) is 15.7. The summed E-state index contributed by atoms with van der Waals surface area (Å²) in [5.41, 5.74) is 6.67. The van der Waals surface area contributed by atoms with E-state index in [0.717, 1.165) is 64.2 Å². The number of benzene rings is 4. The maximum absolute atomic E-state index is 11.5. The van der Waals surface area contributed by atoms with Crippen LogP contribution in [0.25, 0.3) is 0 Å². The van der Waals surface area contributed by atoms with Crippen LogP contribution in [0.2, 0.25) is 0 Å². The summed E-state index contributed by atoms with van der Waals surface area (Å²) in [5, 5.41) is 7.56. The van der Waals surface area contributed by atoms with Gasteiger partial charge in [-0.25, -0.2) is 9.59 Å². The van der Waals surface area contributed by atoms with Crippen molar-refractivity contribution in [3.63, 3.8) is 0 Å². The molecule has 8 nitrogen and oxygen atoms in total. The van der Waals surface area contributed by atoms with Crippen molar-refractivity contribution in [1.82, 2.24) is 20.4 Å². The van der Waals surface area contributed by atoms with E-state index < -0.39 is 0 Å². The van der Waals surface area contributed by atoms with Gasteiger partial charge in [-0.2, -0.15) is 0 Å². The van der Waals surface area contributed by atoms with Gasteiger partial charge in [-0.1, -0.05) is 84.9 Å². The lowest BCUT2D eigenvalue weighted by Gasteiger charge is -2.16. The molecule has 0 radical (unpaired) electrons. The Labute approximate surface area is 321 Å². The average molecular weight is 729 g/mol. The van der Waals surface area contributed by atoms with Crippen molar-refractivity contribution in [1.29, 1.82) is 0 Å². The Hall–Kier alpha value is -4.34. The van der Waals surface area contributed by atoms with Gasteiger partial charge < -0.3 is 20.1 Å². The number of nitrogens with zero attached hydrogens (tertiary/aromatic N) is 2. The van der Waals surface area contributed by atoms with Gasteiger partial charge in [-0.05, 0) is 110 Å². The van der Waals surface area contributed by atoms with Gasteiger partial charge in [0, 0.05) is 50.1 Å². The minimum atomic E-state index is -0.275. The maximum Gasteiger partial charge on any atom is 0.337 e. The number of esters is 2. The predicted molar refractivity (Wildman–Crippen MR) is 214 cm³/mol. The largest absolute Gasteiger partial charge is 0.465 e. The average Bonchev–Trinajstić information content (AvgIpc) is 4.09. The van der Waals surface area contributed by atoms with Gasteiger partial charge in [0.05, 0.1) is 25.3 Å². The van der Waals surface area contributed by atoms with Crippen molar-refractivity contribution < 1.29 is 19.1 Å². The minimum absolute atomic E-state index is 0.275. The van der Waals surface area contributed by atoms with Gasteiger partial charge in [0.15, 0.2) is 0 Å². The van der Waals surface area contributed by atoms with Crippen molar-refractivity contribution in [2.75, 3.05) is 53.5 Å². The van der Waals surface area contributed by atoms with E-state index in [4.69, 9.17) is 9.47 Å². The van der Waals surface area contributed by atoms with Crippen LogP contribution in [0.1, 0.15) is 80.5 Å². The van der Waals surface area contributed by atoms with E-state index >= 15 is 0 Å². The molecule has 0 amide bonds. The van der Waals surface area contributed by atoms with Crippen LogP contribution in [-0.4, -0.2) is 87.3 Å². The molecule has 4 fully saturated rings. The molecule has 2 N–H and O–H groups in total. The Kier molecular flexibility index (Phi) is 12.9. The van der Waals surface area contributed by atoms with Crippen LogP contribution in [0.3, 0.4) is 0 Å². The quantitative estimate of drug-likeness (QED) is 0.136. The molecule has 4 aromatic rings. The standard InChI is InChI=1S/2C23H28N2O2/c2*1-27-23(26)20-9-7-17(8-10-20)15-25-12-11-18(16-25)14-24-22-13-21(22)19-5-3-2-4-6-19/h2*2-10,18,21-22,24H,11-16H2,1H3/t18-,21+,22-;18-,21-,22+/m10/s1. The van der Waals surface area contributed by atoms with Crippen LogP contribution in [0.5, 0.6) is 0 Å². The number of hydrogen-bond acceptors (Lipinski definition) is 8. The summed E-state index contributed by atoms with van der Waals surface area (Å²) in [7, 11) is 2.83. The van der Waals surface area contributed by atoms with Crippen LogP contribution >= 0.6 is 0 Å². The Morgan fingerprint density at radius 3 is 1.33 bits per heavy atom. The molecule has 54 heavy (non-hydrogen) atoms. The van der Waals surface area contributed by atoms with Crippen molar-refractivity contribution in [2.45, 2.75) is 62.7 Å². The lowest BCUT2D eigenvalue weighted by molar-refractivity contribution is 0.0592. The van der Waals surface area contributed by atoms with Crippen LogP contribution in [-0.2, 0) is 22.6 Å². The monoisotopic (exact) mass is 728 g/mol. The third-order valence-corrected chi connectivity index (χ3v) is 11.7. The first kappa shape index (κ1) is 38.0. The summed E-state index contributed by atoms with van der Waals surface area (Å²) < 4.78 is 9.51. The highest BCUT2D eigenvalue weighted by Crippen LogP contribution is 2.41. The number of rotatable bonds is 14. The van der Waals surface area contributed by atoms with Crippen molar-refractivity contribution in [2.24, 2.45) is 11.8 Å². The first-order valence-corrected chi connectivity index (χ1v) is 19.8. The van der Waals surface area contributed by atoms with Crippen LogP contribution in [0.4, 0.5) is 0 Å². The molecule has 8 rings (SSSR count). The Balaban J connectivity index is 0.000000167. The van der Waals surface area contributed by atoms with Gasteiger partial charge in [0.2, 0.25) is 0 Å². The third-order valence-electron chi connectivity index (χ3n) is 11.7. The number of hydrogen-bond donors (Lipinski definition) is 2. The molecule has 284 valence electrons. The molecule has 0 aromatic heterocycles. The third kappa shape index (κ3) is 10.4. The molecule has 4 aromatic carbocycles. The van der Waals surface area contributed by atoms with Crippen molar-refractivity contribution in [3.05, 3.63) is 143 Å². The molecule has 0 unspecified atom stereocenters. The molecule has 2 saturated heterocycles. The lowest BCUT2D eigenvalue weighted by Crippen LogP contribution is -2.28. The Morgan fingerprint density at radius 1 is 0.574 bits per heavy atom. The second-order valence-corrected chi connectivity index (χ2v) is 15.7. The van der Waals surface area contributed by atoms with Gasteiger partial charge >= 0.3 is 11.9 Å². The fourth-order valence-corrected chi connectivity index (χ4v) is 8.31. The van der Waals surface area contributed by atoms with E-state index in [2.05, 4.69) is 81.1 Å². The summed E-state index contributed by atoms with van der Waals surface area (Å²) >= 11 is 0. The number of carbonyl (C=O) groups excluding carboxylic acids is 2. The zero-order chi connectivity index (χ0) is 37.3. The fourth-order valence-electron chi connectivity index (χ4n) is 8.31. The number of nitrogens with one attached hydrogen (secondary N) is 2. The summed E-state index contributed by atoms with van der Waals surface area (Å²) in [6.45, 7) is 8.73. The zero-order valence-electron chi connectivity index (χ0n) is 31.9. The predicted octanol–water partition coefficient (Wildman–Crippen LogP) is 6.88. The van der Waals surface area contributed by atoms with E-state index in [-0.39, 0.29) is 11.9 Å². The molecular formula is C46H56N4O4. The van der Waals surface area contributed by atoms with E-state index in [1.807, 2.05) is 48.5 Å². The number of ether oxygens (including phenoxy) is 2. The molecule has 2 saturated carbocycles. The van der Waals surface area contributed by atoms with Crippen LogP contribution in [0.15, 0.2) is 109 Å². The van der Waals surface area contributed by atoms with E-state index in [9.17, 15) is 9.59 Å². The molecule has 2 heterocycles. The fraction of sp³-hybridized carbons (Fsp3) is 0.435. The minimum Gasteiger partial charge on any atom is -0.465 e. The Morgan fingerprint density at radius 2 is 0.963 bits per heavy atom. The molecule has 8 heteroatoms. The number of likely N-dealkylation sites (tertiary alicyclic amines) is 2. The first-order valence-electron chi connectivity index (χ1n) is 19.8. The summed E-state index contributed by atoms with van der Waals surface area (Å²) in [4.78, 5) is 28.1. The molecular weight excluding hydrogens is 673 g/mol. The zero-order valence-corrected chi connectivity index (χ0v) is 31.9. The van der Waals surface area contributed by atoms with Crippen LogP contribution in [0, 0.1) is 11.8 Å². The van der Waals surface area contributed by atoms with E-state index in [1.54, 1.807) is 0 Å². The molecule has 2 aliphatic carbocycles. The van der Waals surface area contributed by atoms with E-state index in [0.29, 0.717) is 35.0 Å². The van der Waals surface area contributed by atoms with Gasteiger partial charge in [0.25, 0.3) is 0 Å². The van der Waals surface area contributed by atoms with Gasteiger partial charge in [0.1, 0.15) is 0 Å². The summed E-state index contributed by atoms with van der Waals surface area (Å²) in [5.74, 6) is 2.33. The first-order chi connectivity index (χ1) is 26.4. The van der Waals surface area contributed by atoms with Gasteiger partial charge in [-0.3, -0.25) is 9.80 Å². The normalized spacial score (nSPS) is 24.7. The molecule has 4 aliphatic rings. The highest BCUT2D eigenvalue weighted by atomic mass is 16.5. The van der Waals surface area contributed by atoms with E-state index in [1.165, 1.54) is 62.2 Å². The SMILES string of the molecule is COC(=O)c1ccc(CN2CC[C@@H](CN[C@@H]3C[C@H]3c3ccccc3)C2)cc1.COC(=O)c1ccc(CN2CC[C@H](CN[C@@H]3C[C@H]3c3ccccc3)C2)cc1. The van der Waals surface area contributed by atoms with Gasteiger partial charge in [-0.15, -0.1) is 0 Å². The molecule has 0 spiro atoms. The van der Waals surface area contributed by atoms with Crippen molar-refractivity contribution in [3.8, 4) is 0 Å². The number of methoxy groups -OCH3 is 2. The highest BCUT2D eigenvalue weighted by molar-refractivity contribution is 5.89. The molecule has 0 bridgehead atoms. The maximum atomic E-state index is 11.5.